The molecule has 3 aliphatic heterocycles. The summed E-state index contributed by atoms with van der Waals surface area (Å²) in [5, 5.41) is 52.6. The number of fused-ring (bicyclic) bond motifs is 8. The molecule has 0 N–H and O–H groups in total. The number of carbonyl (C=O) groups is 3. The Morgan fingerprint density at radius 3 is 2.14 bits per heavy atom. The van der Waals surface area contributed by atoms with E-state index in [1.54, 1.807) is 17.9 Å². The van der Waals surface area contributed by atoms with E-state index in [-0.39, 0.29) is 25.5 Å². The molecule has 1 aromatic heterocycles. The van der Waals surface area contributed by atoms with Gasteiger partial charge in [0.2, 0.25) is 17.6 Å². The van der Waals surface area contributed by atoms with Crippen molar-refractivity contribution in [3.63, 3.8) is 0 Å². The molecule has 8 rings (SSSR count). The van der Waals surface area contributed by atoms with Crippen LogP contribution in [-0.2, 0) is 35.2 Å². The number of rotatable bonds is 9. The molecule has 0 bridgehead atoms. The first-order valence-corrected chi connectivity index (χ1v) is 17.2. The Morgan fingerprint density at radius 2 is 1.56 bits per heavy atom. The van der Waals surface area contributed by atoms with Gasteiger partial charge in [-0.1, -0.05) is 30.3 Å². The number of nitro benzene ring substituents is 4. The van der Waals surface area contributed by atoms with Gasteiger partial charge in [0, 0.05) is 40.1 Å². The van der Waals surface area contributed by atoms with Crippen LogP contribution in [0.3, 0.4) is 0 Å². The summed E-state index contributed by atoms with van der Waals surface area (Å²) < 4.78 is 11.3. The van der Waals surface area contributed by atoms with Gasteiger partial charge >= 0.3 is 11.9 Å². The molecular weight excluding hydrogens is 754 g/mol. The van der Waals surface area contributed by atoms with Gasteiger partial charge < -0.3 is 19.2 Å². The van der Waals surface area contributed by atoms with Gasteiger partial charge in [-0.15, -0.1) is 0 Å². The molecule has 57 heavy (non-hydrogen) atoms. The molecule has 288 valence electrons. The Morgan fingerprint density at radius 1 is 0.947 bits per heavy atom. The summed E-state index contributed by atoms with van der Waals surface area (Å²) in [5.41, 5.74) is -5.51. The van der Waals surface area contributed by atoms with Crippen molar-refractivity contribution in [3.05, 3.63) is 124 Å². The third-order valence-electron chi connectivity index (χ3n) is 10.5. The Kier molecular flexibility index (Phi) is 8.25. The number of nitrogens with zero attached hydrogens (tertiary/aromatic N) is 7. The highest BCUT2D eigenvalue weighted by Gasteiger charge is 2.60. The molecule has 4 atom stereocenters. The van der Waals surface area contributed by atoms with Crippen LogP contribution in [0.2, 0.25) is 0 Å². The number of oxime groups is 1. The van der Waals surface area contributed by atoms with Crippen LogP contribution in [0.4, 0.5) is 22.7 Å². The van der Waals surface area contributed by atoms with Crippen LogP contribution in [0, 0.1) is 52.3 Å². The second-order valence-electron chi connectivity index (χ2n) is 13.6. The van der Waals surface area contributed by atoms with Crippen LogP contribution in [0.25, 0.3) is 27.7 Å². The van der Waals surface area contributed by atoms with Crippen molar-refractivity contribution in [3.8, 4) is 11.1 Å². The minimum atomic E-state index is -2.05. The molecule has 0 radical (unpaired) electrons. The van der Waals surface area contributed by atoms with E-state index in [2.05, 4.69) is 5.16 Å². The fraction of sp³-hybridized carbons (Fsp3) is 0.250. The molecule has 4 aliphatic rings. The number of carbonyl (C=O) groups excluding carboxylic acids is 3. The van der Waals surface area contributed by atoms with Crippen LogP contribution >= 0.6 is 0 Å². The first-order valence-electron chi connectivity index (χ1n) is 17.2. The summed E-state index contributed by atoms with van der Waals surface area (Å²) in [6.07, 6.45) is -0.196. The molecule has 0 saturated carbocycles. The summed E-state index contributed by atoms with van der Waals surface area (Å²) in [6, 6.07) is 12.1. The fourth-order valence-electron chi connectivity index (χ4n) is 7.81. The summed E-state index contributed by atoms with van der Waals surface area (Å²) >= 11 is 0. The fourth-order valence-corrected chi connectivity index (χ4v) is 7.81. The summed E-state index contributed by atoms with van der Waals surface area (Å²) in [7, 11) is 0. The van der Waals surface area contributed by atoms with Crippen molar-refractivity contribution < 1.29 is 48.4 Å². The van der Waals surface area contributed by atoms with Gasteiger partial charge in [-0.3, -0.25) is 45.3 Å². The molecule has 21 heteroatoms. The summed E-state index contributed by atoms with van der Waals surface area (Å²) in [6.45, 7) is 2.64. The van der Waals surface area contributed by atoms with Gasteiger partial charge in [0.05, 0.1) is 72.3 Å². The van der Waals surface area contributed by atoms with E-state index in [0.29, 0.717) is 29.0 Å². The van der Waals surface area contributed by atoms with Crippen LogP contribution in [-0.4, -0.2) is 71.4 Å². The van der Waals surface area contributed by atoms with Crippen LogP contribution in [0.1, 0.15) is 42.7 Å². The predicted molar refractivity (Wildman–Crippen MR) is 192 cm³/mol. The number of esters is 2. The van der Waals surface area contributed by atoms with Gasteiger partial charge in [0.25, 0.3) is 22.7 Å². The highest BCUT2D eigenvalue weighted by Crippen LogP contribution is 2.51. The van der Waals surface area contributed by atoms with Crippen molar-refractivity contribution in [2.75, 3.05) is 6.61 Å². The smallest absolute Gasteiger partial charge is 0.351 e. The van der Waals surface area contributed by atoms with Gasteiger partial charge in [0.15, 0.2) is 0 Å². The lowest BCUT2D eigenvalue weighted by Crippen LogP contribution is -2.61. The highest BCUT2D eigenvalue weighted by molar-refractivity contribution is 6.27. The average molecular weight is 780 g/mol. The quantitative estimate of drug-likeness (QED) is 0.109. The Hall–Kier alpha value is -7.71. The van der Waals surface area contributed by atoms with E-state index in [1.807, 2.05) is 30.3 Å². The molecule has 0 spiro atoms. The minimum absolute atomic E-state index is 0.156. The largest absolute Gasteiger partial charge is 0.462 e. The molecule has 3 aromatic carbocycles. The van der Waals surface area contributed by atoms with Crippen LogP contribution < -0.4 is 0 Å². The molecule has 2 unspecified atom stereocenters. The number of para-hydroxylation sites is 1. The maximum absolute atomic E-state index is 14.0. The number of nitro groups is 4. The average Bonchev–Trinajstić information content (AvgIpc) is 3.70. The number of amides is 1. The van der Waals surface area contributed by atoms with Crippen molar-refractivity contribution in [2.45, 2.75) is 38.5 Å². The van der Waals surface area contributed by atoms with Gasteiger partial charge in [-0.2, -0.15) is 0 Å². The standard InChI is InChI=1S/C36H25N7O14/c1-3-36(24-13-28-31-18(8-17-6-4-5-7-25(17)37-31)14-39(28)33(44)23(24)15-55-35(36)46)56-34(45)16(2)57-38-32-21-9-19(40(47)48)11-26(42(51)52)29(21)30-22(32)10-20(41(49)50)12-27(30)43(53)54/h4-13,16,23-24H,3,14-15H2,1-2H3/t16-,23?,24?,36+/m1/s1. The van der Waals surface area contributed by atoms with E-state index in [1.165, 1.54) is 0 Å². The van der Waals surface area contributed by atoms with Gasteiger partial charge in [0.1, 0.15) is 12.3 Å². The maximum Gasteiger partial charge on any atom is 0.351 e. The SMILES string of the molecule is CC[C@@]1(OC(=O)[C@@H](C)ON=C2c3cc([N+](=O)[O-])cc([N+](=O)[O-])c3-c3c2cc([N+](=O)[O-])cc3[N+](=O)[O-])C(=O)OCC2C(=O)N3Cc4cc5ccccc5nc4C3=CC21. The number of pyridine rings is 1. The van der Waals surface area contributed by atoms with E-state index in [9.17, 15) is 54.8 Å². The van der Waals surface area contributed by atoms with E-state index < -0.39 is 106 Å². The highest BCUT2D eigenvalue weighted by atomic mass is 16.7. The zero-order valence-electron chi connectivity index (χ0n) is 29.5. The summed E-state index contributed by atoms with van der Waals surface area (Å²) in [4.78, 5) is 97.1. The van der Waals surface area contributed by atoms with Crippen molar-refractivity contribution in [1.29, 1.82) is 0 Å². The normalized spacial score (nSPS) is 20.6. The summed E-state index contributed by atoms with van der Waals surface area (Å²) in [5.74, 6) is -4.46. The molecule has 21 nitrogen and oxygen atoms in total. The molecule has 4 aromatic rings. The third-order valence-corrected chi connectivity index (χ3v) is 10.5. The number of hydrogen-bond acceptors (Lipinski definition) is 16. The molecule has 1 amide bonds. The Bertz CT molecular complexity index is 2560. The zero-order valence-corrected chi connectivity index (χ0v) is 29.5. The van der Waals surface area contributed by atoms with Crippen molar-refractivity contribution >= 4 is 62.9 Å². The number of ether oxygens (including phenoxy) is 2. The first kappa shape index (κ1) is 36.3. The molecular formula is C36H25N7O14. The lowest BCUT2D eigenvalue weighted by molar-refractivity contribution is -0.395. The molecule has 1 aliphatic carbocycles. The zero-order chi connectivity index (χ0) is 40.7. The van der Waals surface area contributed by atoms with Gasteiger partial charge in [-0.25, -0.2) is 14.6 Å². The number of non-ortho nitro benzene ring substituents is 2. The van der Waals surface area contributed by atoms with Gasteiger partial charge in [-0.05, 0) is 31.6 Å². The first-order chi connectivity index (χ1) is 27.1. The van der Waals surface area contributed by atoms with E-state index in [0.717, 1.165) is 30.0 Å². The van der Waals surface area contributed by atoms with Crippen LogP contribution in [0.5, 0.6) is 0 Å². The Balaban J connectivity index is 1.17. The molecule has 1 saturated heterocycles. The molecule has 1 fully saturated rings. The van der Waals surface area contributed by atoms with E-state index in [4.69, 9.17) is 19.3 Å². The number of aromatic nitrogens is 1. The number of benzene rings is 3. The monoisotopic (exact) mass is 779 g/mol. The maximum atomic E-state index is 14.0. The second kappa shape index (κ2) is 13.0. The Labute approximate surface area is 317 Å². The van der Waals surface area contributed by atoms with Crippen molar-refractivity contribution in [1.82, 2.24) is 9.88 Å². The molecule has 4 heterocycles. The second-order valence-corrected chi connectivity index (χ2v) is 13.6. The predicted octanol–water partition coefficient (Wildman–Crippen LogP) is 4.88. The van der Waals surface area contributed by atoms with E-state index >= 15 is 0 Å². The third kappa shape index (κ3) is 5.49. The lowest BCUT2D eigenvalue weighted by atomic mass is 9.72. The lowest BCUT2D eigenvalue weighted by Gasteiger charge is -2.46. The topological polar surface area (TPSA) is 280 Å². The minimum Gasteiger partial charge on any atom is -0.462 e. The number of cyclic esters (lactones) is 1. The van der Waals surface area contributed by atoms with Crippen LogP contribution in [0.15, 0.2) is 65.8 Å². The van der Waals surface area contributed by atoms with Crippen molar-refractivity contribution in [2.24, 2.45) is 17.0 Å². The number of hydrogen-bond donors (Lipinski definition) is 0.